The monoisotopic (exact) mass is 366 g/mol. The zero-order valence-corrected chi connectivity index (χ0v) is 18.8. The van der Waals surface area contributed by atoms with Crippen LogP contribution in [0.2, 0.25) is 26.2 Å². The van der Waals surface area contributed by atoms with E-state index in [-0.39, 0.29) is 0 Å². The standard InChI is InChI=1S/C12H30O5Si4/c1-13-20(7,14-2)11-9-18(5)17-19(6)10-12-21(8,15-3)16-4/h9-12,18-19H,1-8H3/b11-9+,12-10+. The summed E-state index contributed by atoms with van der Waals surface area (Å²) < 4.78 is 27.9. The van der Waals surface area contributed by atoms with E-state index in [1.807, 2.05) is 13.1 Å². The highest BCUT2D eigenvalue weighted by Crippen LogP contribution is 2.09. The van der Waals surface area contributed by atoms with Crippen LogP contribution in [0, 0.1) is 0 Å². The average molecular weight is 367 g/mol. The first-order valence-corrected chi connectivity index (χ1v) is 16.4. The fourth-order valence-electron chi connectivity index (χ4n) is 1.49. The Morgan fingerprint density at radius 2 is 0.952 bits per heavy atom. The van der Waals surface area contributed by atoms with Crippen LogP contribution in [0.25, 0.3) is 0 Å². The molecule has 0 rings (SSSR count). The quantitative estimate of drug-likeness (QED) is 0.551. The van der Waals surface area contributed by atoms with Gasteiger partial charge < -0.3 is 21.8 Å². The zero-order chi connectivity index (χ0) is 16.5. The van der Waals surface area contributed by atoms with Crippen LogP contribution < -0.4 is 0 Å². The van der Waals surface area contributed by atoms with Gasteiger partial charge in [-0.15, -0.1) is 0 Å². The Bertz CT molecular complexity index is 311. The normalized spacial score (nSPS) is 16.8. The molecule has 0 N–H and O–H groups in total. The highest BCUT2D eigenvalue weighted by Gasteiger charge is 2.26. The minimum atomic E-state index is -2.13. The molecule has 0 saturated heterocycles. The molecule has 0 aliphatic rings. The van der Waals surface area contributed by atoms with Crippen LogP contribution in [0.15, 0.2) is 22.8 Å². The number of hydrogen-bond acceptors (Lipinski definition) is 5. The van der Waals surface area contributed by atoms with Gasteiger partial charge in [-0.05, 0) is 37.6 Å². The lowest BCUT2D eigenvalue weighted by Gasteiger charge is -2.20. The summed E-state index contributed by atoms with van der Waals surface area (Å²) in [5.74, 6) is 0. The maximum absolute atomic E-state index is 6.15. The van der Waals surface area contributed by atoms with Crippen LogP contribution in [0.4, 0.5) is 0 Å². The first-order chi connectivity index (χ1) is 9.74. The molecule has 124 valence electrons. The molecule has 5 nitrogen and oxygen atoms in total. The lowest BCUT2D eigenvalue weighted by Crippen LogP contribution is -2.35. The van der Waals surface area contributed by atoms with Gasteiger partial charge in [0.05, 0.1) is 0 Å². The van der Waals surface area contributed by atoms with Gasteiger partial charge in [0, 0.05) is 28.4 Å². The van der Waals surface area contributed by atoms with Crippen molar-refractivity contribution < 1.29 is 21.8 Å². The van der Waals surface area contributed by atoms with Crippen LogP contribution in [0.5, 0.6) is 0 Å². The van der Waals surface area contributed by atoms with Gasteiger partial charge in [-0.25, -0.2) is 0 Å². The van der Waals surface area contributed by atoms with E-state index in [9.17, 15) is 0 Å². The Balaban J connectivity index is 4.49. The van der Waals surface area contributed by atoms with Gasteiger partial charge in [-0.1, -0.05) is 11.4 Å². The average Bonchev–Trinajstić information content (AvgIpc) is 2.50. The molecule has 0 aliphatic heterocycles. The summed E-state index contributed by atoms with van der Waals surface area (Å²) in [4.78, 5) is 0. The molecule has 0 saturated carbocycles. The molecule has 0 aromatic rings. The lowest BCUT2D eigenvalue weighted by atomic mass is 11.2. The Morgan fingerprint density at radius 3 is 1.19 bits per heavy atom. The molecule has 2 atom stereocenters. The van der Waals surface area contributed by atoms with Crippen molar-refractivity contribution in [3.05, 3.63) is 22.8 Å². The molecule has 0 bridgehead atoms. The Hall–Kier alpha value is 0.148. The molecule has 0 aromatic heterocycles. The van der Waals surface area contributed by atoms with Gasteiger partial charge in [-0.2, -0.15) is 0 Å². The molecule has 21 heavy (non-hydrogen) atoms. The van der Waals surface area contributed by atoms with Crippen LogP contribution in [0.1, 0.15) is 0 Å². The number of hydrogen-bond donors (Lipinski definition) is 0. The summed E-state index contributed by atoms with van der Waals surface area (Å²) in [5.41, 5.74) is 8.44. The van der Waals surface area contributed by atoms with Crippen LogP contribution in [-0.4, -0.2) is 63.6 Å². The van der Waals surface area contributed by atoms with Gasteiger partial charge in [0.15, 0.2) is 18.1 Å². The summed E-state index contributed by atoms with van der Waals surface area (Å²) in [6, 6.07) is 0. The second-order valence-electron chi connectivity index (χ2n) is 5.11. The van der Waals surface area contributed by atoms with Gasteiger partial charge in [0.1, 0.15) is 0 Å². The van der Waals surface area contributed by atoms with Crippen molar-refractivity contribution in [3.63, 3.8) is 0 Å². The Morgan fingerprint density at radius 1 is 0.667 bits per heavy atom. The maximum Gasteiger partial charge on any atom is 0.360 e. The van der Waals surface area contributed by atoms with Crippen molar-refractivity contribution in [2.45, 2.75) is 26.2 Å². The summed E-state index contributed by atoms with van der Waals surface area (Å²) >= 11 is 0. The highest BCUT2D eigenvalue weighted by molar-refractivity contribution is 6.77. The van der Waals surface area contributed by atoms with E-state index < -0.39 is 35.2 Å². The summed E-state index contributed by atoms with van der Waals surface area (Å²) in [6.07, 6.45) is 0. The Labute approximate surface area is 134 Å². The molecule has 0 heterocycles. The van der Waals surface area contributed by atoms with E-state index in [1.165, 1.54) is 0 Å². The van der Waals surface area contributed by atoms with Crippen molar-refractivity contribution in [2.24, 2.45) is 0 Å². The van der Waals surface area contributed by atoms with E-state index in [0.717, 1.165) is 0 Å². The topological polar surface area (TPSA) is 46.2 Å². The first-order valence-electron chi connectivity index (χ1n) is 6.99. The predicted octanol–water partition coefficient (Wildman–Crippen LogP) is 1.71. The van der Waals surface area contributed by atoms with E-state index in [1.54, 1.807) is 28.4 Å². The maximum atomic E-state index is 6.15. The number of rotatable bonds is 10. The summed E-state index contributed by atoms with van der Waals surface area (Å²) in [7, 11) is -0.216. The molecular formula is C12H30O5Si4. The Kier molecular flexibility index (Phi) is 10.1. The lowest BCUT2D eigenvalue weighted by molar-refractivity contribution is 0.263. The minimum Gasteiger partial charge on any atom is -0.454 e. The third-order valence-electron chi connectivity index (χ3n) is 3.39. The third kappa shape index (κ3) is 8.37. The molecular weight excluding hydrogens is 336 g/mol. The molecule has 2 unspecified atom stereocenters. The largest absolute Gasteiger partial charge is 0.454 e. The second kappa shape index (κ2) is 10.0. The van der Waals surface area contributed by atoms with Gasteiger partial charge >= 0.3 is 17.1 Å². The molecule has 0 radical (unpaired) electrons. The van der Waals surface area contributed by atoms with Gasteiger partial charge in [-0.3, -0.25) is 0 Å². The molecule has 0 spiro atoms. The first kappa shape index (κ1) is 21.1. The van der Waals surface area contributed by atoms with E-state index in [0.29, 0.717) is 0 Å². The van der Waals surface area contributed by atoms with E-state index in [2.05, 4.69) is 35.9 Å². The highest BCUT2D eigenvalue weighted by atomic mass is 28.4. The zero-order valence-electron chi connectivity index (χ0n) is 14.5. The molecule has 0 fully saturated rings. The summed E-state index contributed by atoms with van der Waals surface area (Å²) in [5, 5.41) is 0. The fraction of sp³-hybridized carbons (Fsp3) is 0.667. The summed E-state index contributed by atoms with van der Waals surface area (Å²) in [6.45, 7) is 8.35. The van der Waals surface area contributed by atoms with Crippen molar-refractivity contribution >= 4 is 35.2 Å². The van der Waals surface area contributed by atoms with Gasteiger partial charge in [0.25, 0.3) is 0 Å². The molecule has 0 aliphatic carbocycles. The van der Waals surface area contributed by atoms with Crippen molar-refractivity contribution in [2.75, 3.05) is 28.4 Å². The molecule has 0 aromatic carbocycles. The molecule has 9 heteroatoms. The van der Waals surface area contributed by atoms with E-state index >= 15 is 0 Å². The van der Waals surface area contributed by atoms with Crippen LogP contribution in [-0.2, 0) is 21.8 Å². The predicted molar refractivity (Wildman–Crippen MR) is 96.7 cm³/mol. The second-order valence-corrected chi connectivity index (χ2v) is 16.2. The SMILES string of the molecule is CO[Si](C)(/C=C/[SiH](C)O[SiH](C)/C=C/[Si](C)(OC)OC)OC. The molecule has 0 amide bonds. The van der Waals surface area contributed by atoms with Gasteiger partial charge in [0.2, 0.25) is 0 Å². The van der Waals surface area contributed by atoms with Crippen molar-refractivity contribution in [3.8, 4) is 0 Å². The van der Waals surface area contributed by atoms with Crippen LogP contribution >= 0.6 is 0 Å². The smallest absolute Gasteiger partial charge is 0.360 e. The fourth-order valence-corrected chi connectivity index (χ4v) is 10.8. The van der Waals surface area contributed by atoms with Crippen molar-refractivity contribution in [1.82, 2.24) is 0 Å². The van der Waals surface area contributed by atoms with Crippen molar-refractivity contribution in [1.29, 1.82) is 0 Å². The third-order valence-corrected chi connectivity index (χ3v) is 13.9. The minimum absolute atomic E-state index is 1.35. The van der Waals surface area contributed by atoms with E-state index in [4.69, 9.17) is 21.8 Å². The van der Waals surface area contributed by atoms with Crippen LogP contribution in [0.3, 0.4) is 0 Å².